The molecule has 0 saturated heterocycles. The summed E-state index contributed by atoms with van der Waals surface area (Å²) in [6, 6.07) is 7.13. The van der Waals surface area contributed by atoms with Gasteiger partial charge < -0.3 is 21.5 Å². The lowest BCUT2D eigenvalue weighted by molar-refractivity contribution is -0.141. The van der Waals surface area contributed by atoms with Crippen molar-refractivity contribution in [3.05, 3.63) is 35.9 Å². The van der Waals surface area contributed by atoms with Crippen molar-refractivity contribution in [2.45, 2.75) is 6.04 Å². The van der Waals surface area contributed by atoms with Crippen molar-refractivity contribution in [2.24, 2.45) is 5.73 Å². The Morgan fingerprint density at radius 2 is 1.79 bits per heavy atom. The molecule has 5 N–H and O–H groups in total. The maximum atomic E-state index is 11.5. The number of nitrogens with two attached hydrogens (primary N) is 1. The number of carbonyl (C=O) groups is 3. The molecule has 0 aliphatic heterocycles. The normalized spacial score (nSPS) is 11.4. The number of benzene rings is 1. The van der Waals surface area contributed by atoms with Crippen LogP contribution in [0.2, 0.25) is 0 Å². The topological polar surface area (TPSA) is 122 Å². The zero-order chi connectivity index (χ0) is 14.3. The van der Waals surface area contributed by atoms with Crippen LogP contribution in [0.3, 0.4) is 0 Å². The first-order chi connectivity index (χ1) is 9.04. The average Bonchev–Trinajstić information content (AvgIpc) is 2.42. The summed E-state index contributed by atoms with van der Waals surface area (Å²) in [6.45, 7) is -0.541. The van der Waals surface area contributed by atoms with E-state index in [0.29, 0.717) is 5.56 Å². The van der Waals surface area contributed by atoms with Gasteiger partial charge in [0, 0.05) is 0 Å². The van der Waals surface area contributed by atoms with Gasteiger partial charge in [0.15, 0.2) is 6.04 Å². The number of aliphatic carboxylic acids is 1. The Bertz CT molecular complexity index is 461. The number of nitrogens with one attached hydrogen (secondary N) is 2. The Hall–Kier alpha value is -2.41. The summed E-state index contributed by atoms with van der Waals surface area (Å²) >= 11 is 0. The van der Waals surface area contributed by atoms with Crippen LogP contribution in [0, 0.1) is 0 Å². The molecule has 0 bridgehead atoms. The van der Waals surface area contributed by atoms with Crippen molar-refractivity contribution >= 4 is 17.8 Å². The summed E-state index contributed by atoms with van der Waals surface area (Å²) in [7, 11) is 0. The van der Waals surface area contributed by atoms with E-state index in [0.717, 1.165) is 0 Å². The summed E-state index contributed by atoms with van der Waals surface area (Å²) in [5, 5.41) is 13.7. The number of hydrogen-bond acceptors (Lipinski definition) is 4. The van der Waals surface area contributed by atoms with Crippen LogP contribution in [0.15, 0.2) is 30.3 Å². The highest BCUT2D eigenvalue weighted by molar-refractivity contribution is 5.88. The van der Waals surface area contributed by atoms with Crippen LogP contribution in [0.4, 0.5) is 0 Å². The number of carbonyl (C=O) groups excluding carboxylic acids is 2. The van der Waals surface area contributed by atoms with Gasteiger partial charge in [-0.2, -0.15) is 0 Å². The van der Waals surface area contributed by atoms with Gasteiger partial charge in [-0.1, -0.05) is 30.3 Å². The zero-order valence-electron chi connectivity index (χ0n) is 10.1. The van der Waals surface area contributed by atoms with Crippen LogP contribution in [-0.2, 0) is 14.4 Å². The Morgan fingerprint density at radius 3 is 2.32 bits per heavy atom. The van der Waals surface area contributed by atoms with E-state index in [2.05, 4.69) is 10.6 Å². The van der Waals surface area contributed by atoms with Gasteiger partial charge >= 0.3 is 5.97 Å². The Labute approximate surface area is 109 Å². The molecular formula is C12H15N3O4. The van der Waals surface area contributed by atoms with Crippen LogP contribution < -0.4 is 16.4 Å². The van der Waals surface area contributed by atoms with Gasteiger partial charge in [-0.05, 0) is 5.56 Å². The van der Waals surface area contributed by atoms with Gasteiger partial charge in [0.2, 0.25) is 11.8 Å². The first-order valence-corrected chi connectivity index (χ1v) is 5.58. The fourth-order valence-electron chi connectivity index (χ4n) is 1.40. The Balaban J connectivity index is 2.62. The standard InChI is InChI=1S/C12H15N3O4/c13-6-9(16)14-7-10(17)15-11(12(18)19)8-4-2-1-3-5-8/h1-5,11H,6-7,13H2,(H,14,16)(H,15,17)(H,18,19)/t11-/m0/s1. The number of carboxylic acid groups (broad SMARTS) is 1. The maximum Gasteiger partial charge on any atom is 0.330 e. The maximum absolute atomic E-state index is 11.5. The van der Waals surface area contributed by atoms with Crippen molar-refractivity contribution in [3.8, 4) is 0 Å². The van der Waals surface area contributed by atoms with E-state index in [4.69, 9.17) is 10.8 Å². The van der Waals surface area contributed by atoms with Crippen molar-refractivity contribution in [1.29, 1.82) is 0 Å². The molecule has 0 aliphatic rings. The van der Waals surface area contributed by atoms with Gasteiger partial charge in [-0.3, -0.25) is 9.59 Å². The molecule has 0 saturated carbocycles. The van der Waals surface area contributed by atoms with Crippen LogP contribution in [0.1, 0.15) is 11.6 Å². The summed E-state index contributed by atoms with van der Waals surface area (Å²) < 4.78 is 0. The van der Waals surface area contributed by atoms with Gasteiger partial charge in [0.1, 0.15) is 0 Å². The monoisotopic (exact) mass is 265 g/mol. The second-order valence-electron chi connectivity index (χ2n) is 3.73. The first-order valence-electron chi connectivity index (χ1n) is 5.58. The van der Waals surface area contributed by atoms with E-state index < -0.39 is 23.8 Å². The molecule has 0 aliphatic carbocycles. The summed E-state index contributed by atoms with van der Waals surface area (Å²) in [5.74, 6) is -2.26. The van der Waals surface area contributed by atoms with Crippen LogP contribution >= 0.6 is 0 Å². The van der Waals surface area contributed by atoms with Crippen LogP contribution in [-0.4, -0.2) is 36.0 Å². The second kappa shape index (κ2) is 7.12. The second-order valence-corrected chi connectivity index (χ2v) is 3.73. The van der Waals surface area contributed by atoms with Gasteiger partial charge in [0.25, 0.3) is 0 Å². The minimum atomic E-state index is -1.18. The molecule has 2 amide bonds. The highest BCUT2D eigenvalue weighted by Gasteiger charge is 2.21. The molecule has 0 aromatic heterocycles. The molecule has 0 spiro atoms. The SMILES string of the molecule is NCC(=O)NCC(=O)N[C@H](C(=O)O)c1ccccc1. The fourth-order valence-corrected chi connectivity index (χ4v) is 1.40. The first kappa shape index (κ1) is 14.7. The lowest BCUT2D eigenvalue weighted by Crippen LogP contribution is -2.42. The highest BCUT2D eigenvalue weighted by atomic mass is 16.4. The highest BCUT2D eigenvalue weighted by Crippen LogP contribution is 2.12. The van der Waals surface area contributed by atoms with E-state index >= 15 is 0 Å². The lowest BCUT2D eigenvalue weighted by atomic mass is 10.1. The van der Waals surface area contributed by atoms with E-state index in [1.807, 2.05) is 0 Å². The van der Waals surface area contributed by atoms with Gasteiger partial charge in [-0.25, -0.2) is 4.79 Å². The van der Waals surface area contributed by atoms with Crippen LogP contribution in [0.25, 0.3) is 0 Å². The Morgan fingerprint density at radius 1 is 1.16 bits per heavy atom. The average molecular weight is 265 g/mol. The predicted molar refractivity (Wildman–Crippen MR) is 67.0 cm³/mol. The molecule has 0 unspecified atom stereocenters. The molecule has 0 radical (unpaired) electrons. The van der Waals surface area contributed by atoms with E-state index in [9.17, 15) is 14.4 Å². The molecule has 102 valence electrons. The summed E-state index contributed by atoms with van der Waals surface area (Å²) in [4.78, 5) is 33.5. The number of carboxylic acids is 1. The molecular weight excluding hydrogens is 250 g/mol. The lowest BCUT2D eigenvalue weighted by Gasteiger charge is -2.15. The molecule has 1 atom stereocenters. The van der Waals surface area contributed by atoms with Crippen molar-refractivity contribution in [1.82, 2.24) is 10.6 Å². The molecule has 1 rings (SSSR count). The van der Waals surface area contributed by atoms with E-state index in [-0.39, 0.29) is 13.1 Å². The zero-order valence-corrected chi connectivity index (χ0v) is 10.1. The molecule has 1 aromatic rings. The predicted octanol–water partition coefficient (Wildman–Crippen LogP) is -0.997. The molecule has 0 fully saturated rings. The molecule has 7 heteroatoms. The van der Waals surface area contributed by atoms with Gasteiger partial charge in [-0.15, -0.1) is 0 Å². The third-order valence-electron chi connectivity index (χ3n) is 2.32. The summed E-state index contributed by atoms with van der Waals surface area (Å²) in [5.41, 5.74) is 5.51. The van der Waals surface area contributed by atoms with Crippen molar-refractivity contribution in [3.63, 3.8) is 0 Å². The fraction of sp³-hybridized carbons (Fsp3) is 0.250. The molecule has 19 heavy (non-hydrogen) atoms. The third kappa shape index (κ3) is 4.76. The number of hydrogen-bond donors (Lipinski definition) is 4. The van der Waals surface area contributed by atoms with Crippen molar-refractivity contribution < 1.29 is 19.5 Å². The largest absolute Gasteiger partial charge is 0.479 e. The molecule has 7 nitrogen and oxygen atoms in total. The van der Waals surface area contributed by atoms with Crippen LogP contribution in [0.5, 0.6) is 0 Å². The number of amides is 2. The molecule has 1 aromatic carbocycles. The molecule has 0 heterocycles. The Kier molecular flexibility index (Phi) is 5.49. The summed E-state index contributed by atoms with van der Waals surface area (Å²) in [6.07, 6.45) is 0. The quantitative estimate of drug-likeness (QED) is 0.526. The van der Waals surface area contributed by atoms with Crippen molar-refractivity contribution in [2.75, 3.05) is 13.1 Å². The van der Waals surface area contributed by atoms with Gasteiger partial charge in [0.05, 0.1) is 13.1 Å². The third-order valence-corrected chi connectivity index (χ3v) is 2.32. The number of rotatable bonds is 6. The van der Waals surface area contributed by atoms with E-state index in [1.165, 1.54) is 0 Å². The minimum Gasteiger partial charge on any atom is -0.479 e. The minimum absolute atomic E-state index is 0.228. The smallest absolute Gasteiger partial charge is 0.330 e. The van der Waals surface area contributed by atoms with E-state index in [1.54, 1.807) is 30.3 Å².